The number of hydrogen-bond donors (Lipinski definition) is 2. The highest BCUT2D eigenvalue weighted by Crippen LogP contribution is 2.33. The molecule has 0 aromatic heterocycles. The van der Waals surface area contributed by atoms with E-state index in [1.54, 1.807) is 13.0 Å². The van der Waals surface area contributed by atoms with E-state index < -0.39 is 5.82 Å². The largest absolute Gasteiger partial charge is 0.491 e. The van der Waals surface area contributed by atoms with Crippen molar-refractivity contribution in [1.29, 1.82) is 0 Å². The van der Waals surface area contributed by atoms with E-state index in [2.05, 4.69) is 0 Å². The van der Waals surface area contributed by atoms with Gasteiger partial charge in [-0.1, -0.05) is 6.92 Å². The zero-order chi connectivity index (χ0) is 12.1. The highest BCUT2D eigenvalue weighted by molar-refractivity contribution is 8.00. The summed E-state index contributed by atoms with van der Waals surface area (Å²) in [7, 11) is 0. The zero-order valence-electron chi connectivity index (χ0n) is 9.37. The van der Waals surface area contributed by atoms with Crippen molar-refractivity contribution in [3.63, 3.8) is 0 Å². The van der Waals surface area contributed by atoms with Gasteiger partial charge in [-0.3, -0.25) is 0 Å². The highest BCUT2D eigenvalue weighted by atomic mass is 32.2. The van der Waals surface area contributed by atoms with Gasteiger partial charge in [0.2, 0.25) is 0 Å². The first-order chi connectivity index (χ1) is 7.58. The van der Waals surface area contributed by atoms with E-state index in [0.29, 0.717) is 12.3 Å². The molecule has 90 valence electrons. The fourth-order valence-corrected chi connectivity index (χ4v) is 2.05. The second-order valence-corrected chi connectivity index (χ2v) is 4.84. The summed E-state index contributed by atoms with van der Waals surface area (Å²) in [6.45, 7) is 4.11. The summed E-state index contributed by atoms with van der Waals surface area (Å²) in [6.07, 6.45) is 0. The predicted octanol–water partition coefficient (Wildman–Crippen LogP) is 2.28. The summed E-state index contributed by atoms with van der Waals surface area (Å²) in [6, 6.07) is 2.82. The molecule has 0 spiro atoms. The summed E-state index contributed by atoms with van der Waals surface area (Å²) in [5, 5.41) is 8.96. The van der Waals surface area contributed by atoms with E-state index in [1.165, 1.54) is 17.8 Å². The molecule has 3 N–H and O–H groups in total. The van der Waals surface area contributed by atoms with Crippen LogP contribution in [-0.4, -0.2) is 23.6 Å². The van der Waals surface area contributed by atoms with Gasteiger partial charge in [0.05, 0.1) is 13.2 Å². The lowest BCUT2D eigenvalue weighted by molar-refractivity contribution is 0.300. The normalized spacial score (nSPS) is 12.5. The third-order valence-electron chi connectivity index (χ3n) is 1.95. The number of aliphatic hydroxyl groups excluding tert-OH is 1. The van der Waals surface area contributed by atoms with Crippen molar-refractivity contribution in [1.82, 2.24) is 0 Å². The van der Waals surface area contributed by atoms with Crippen molar-refractivity contribution in [2.75, 3.05) is 18.9 Å². The van der Waals surface area contributed by atoms with Crippen molar-refractivity contribution < 1.29 is 14.2 Å². The van der Waals surface area contributed by atoms with Gasteiger partial charge in [-0.05, 0) is 13.0 Å². The van der Waals surface area contributed by atoms with Gasteiger partial charge in [-0.25, -0.2) is 4.39 Å². The number of halogens is 1. The Morgan fingerprint density at radius 3 is 2.81 bits per heavy atom. The molecular formula is C11H16FNO2S. The first-order valence-corrected chi connectivity index (χ1v) is 5.95. The van der Waals surface area contributed by atoms with Crippen LogP contribution < -0.4 is 10.5 Å². The van der Waals surface area contributed by atoms with Crippen LogP contribution in [0.5, 0.6) is 5.75 Å². The number of thioether (sulfide) groups is 1. The van der Waals surface area contributed by atoms with Crippen LogP contribution in [0.15, 0.2) is 17.0 Å². The summed E-state index contributed by atoms with van der Waals surface area (Å²) < 4.78 is 18.5. The molecule has 0 aliphatic heterocycles. The fraction of sp³-hybridized carbons (Fsp3) is 0.455. The van der Waals surface area contributed by atoms with E-state index in [4.69, 9.17) is 15.6 Å². The molecule has 1 atom stereocenters. The maximum atomic E-state index is 13.4. The second-order valence-electron chi connectivity index (χ2n) is 3.36. The Morgan fingerprint density at radius 1 is 1.56 bits per heavy atom. The van der Waals surface area contributed by atoms with E-state index in [0.717, 1.165) is 4.90 Å². The zero-order valence-corrected chi connectivity index (χ0v) is 10.2. The van der Waals surface area contributed by atoms with E-state index >= 15 is 0 Å². The number of aliphatic hydroxyl groups is 1. The minimum absolute atomic E-state index is 0.0160. The van der Waals surface area contributed by atoms with E-state index in [-0.39, 0.29) is 17.6 Å². The molecule has 1 unspecified atom stereocenters. The first kappa shape index (κ1) is 13.1. The Balaban J connectivity index is 2.95. The molecule has 16 heavy (non-hydrogen) atoms. The van der Waals surface area contributed by atoms with Gasteiger partial charge in [-0.2, -0.15) is 0 Å². The maximum absolute atomic E-state index is 13.4. The van der Waals surface area contributed by atoms with Crippen LogP contribution in [0, 0.1) is 5.82 Å². The van der Waals surface area contributed by atoms with Gasteiger partial charge in [0, 0.05) is 21.9 Å². The van der Waals surface area contributed by atoms with Gasteiger partial charge in [-0.15, -0.1) is 11.8 Å². The minimum atomic E-state index is -0.458. The number of anilines is 1. The van der Waals surface area contributed by atoms with E-state index in [1.807, 2.05) is 6.92 Å². The summed E-state index contributed by atoms with van der Waals surface area (Å²) in [5.74, 6) is -0.260. The quantitative estimate of drug-likeness (QED) is 0.617. The molecule has 1 aromatic carbocycles. The van der Waals surface area contributed by atoms with Crippen LogP contribution in [-0.2, 0) is 0 Å². The fourth-order valence-electron chi connectivity index (χ4n) is 1.17. The number of benzene rings is 1. The van der Waals surface area contributed by atoms with Gasteiger partial charge >= 0.3 is 0 Å². The number of nitrogen functional groups attached to an aromatic ring is 1. The van der Waals surface area contributed by atoms with Gasteiger partial charge in [0.1, 0.15) is 0 Å². The first-order valence-electron chi connectivity index (χ1n) is 5.07. The lowest BCUT2D eigenvalue weighted by Gasteiger charge is -2.12. The molecule has 0 saturated carbocycles. The molecule has 0 heterocycles. The van der Waals surface area contributed by atoms with Crippen LogP contribution >= 0.6 is 11.8 Å². The Kier molecular flexibility index (Phi) is 4.89. The Labute approximate surface area is 98.8 Å². The van der Waals surface area contributed by atoms with Crippen LogP contribution in [0.3, 0.4) is 0 Å². The molecule has 3 nitrogen and oxygen atoms in total. The average molecular weight is 245 g/mol. The van der Waals surface area contributed by atoms with Crippen molar-refractivity contribution in [3.8, 4) is 5.75 Å². The maximum Gasteiger partial charge on any atom is 0.167 e. The molecule has 5 heteroatoms. The lowest BCUT2D eigenvalue weighted by Crippen LogP contribution is -2.04. The summed E-state index contributed by atoms with van der Waals surface area (Å²) >= 11 is 1.40. The van der Waals surface area contributed by atoms with Crippen molar-refractivity contribution >= 4 is 17.4 Å². The Bertz CT molecular complexity index is 360. The van der Waals surface area contributed by atoms with Gasteiger partial charge < -0.3 is 15.6 Å². The summed E-state index contributed by atoms with van der Waals surface area (Å²) in [4.78, 5) is 0.728. The minimum Gasteiger partial charge on any atom is -0.491 e. The number of ether oxygens (including phenoxy) is 1. The number of nitrogens with two attached hydrogens (primary N) is 1. The standard InChI is InChI=1S/C11H16FNO2S/c1-3-15-10-5-11(16-7(2)6-14)9(13)4-8(10)12/h4-5,7,14H,3,6,13H2,1-2H3. The molecular weight excluding hydrogens is 229 g/mol. The van der Waals surface area contributed by atoms with Crippen LogP contribution in [0.4, 0.5) is 10.1 Å². The topological polar surface area (TPSA) is 55.5 Å². The van der Waals surface area contributed by atoms with Crippen LogP contribution in [0.1, 0.15) is 13.8 Å². The second kappa shape index (κ2) is 5.96. The molecule has 0 saturated heterocycles. The van der Waals surface area contributed by atoms with Gasteiger partial charge in [0.15, 0.2) is 11.6 Å². The molecule has 0 aliphatic carbocycles. The molecule has 1 rings (SSSR count). The molecule has 0 fully saturated rings. The Hall–Kier alpha value is -0.940. The number of hydrogen-bond acceptors (Lipinski definition) is 4. The van der Waals surface area contributed by atoms with Crippen molar-refractivity contribution in [2.45, 2.75) is 24.0 Å². The van der Waals surface area contributed by atoms with Crippen LogP contribution in [0.2, 0.25) is 0 Å². The molecule has 0 aliphatic rings. The highest BCUT2D eigenvalue weighted by Gasteiger charge is 2.11. The number of rotatable bonds is 5. The molecule has 0 radical (unpaired) electrons. The third-order valence-corrected chi connectivity index (χ3v) is 3.11. The predicted molar refractivity (Wildman–Crippen MR) is 64.4 cm³/mol. The van der Waals surface area contributed by atoms with Gasteiger partial charge in [0.25, 0.3) is 0 Å². The van der Waals surface area contributed by atoms with Crippen molar-refractivity contribution in [2.24, 2.45) is 0 Å². The lowest BCUT2D eigenvalue weighted by atomic mass is 10.3. The SMILES string of the molecule is CCOc1cc(SC(C)CO)c(N)cc1F. The average Bonchev–Trinajstić information content (AvgIpc) is 2.25. The van der Waals surface area contributed by atoms with Crippen molar-refractivity contribution in [3.05, 3.63) is 17.9 Å². The monoisotopic (exact) mass is 245 g/mol. The molecule has 0 bridgehead atoms. The van der Waals surface area contributed by atoms with Crippen LogP contribution in [0.25, 0.3) is 0 Å². The van der Waals surface area contributed by atoms with E-state index in [9.17, 15) is 4.39 Å². The Morgan fingerprint density at radius 2 is 2.25 bits per heavy atom. The molecule has 0 amide bonds. The molecule has 1 aromatic rings. The summed E-state index contributed by atoms with van der Waals surface area (Å²) in [5.41, 5.74) is 6.06. The third kappa shape index (κ3) is 3.28. The smallest absolute Gasteiger partial charge is 0.167 e.